The molecule has 0 radical (unpaired) electrons. The van der Waals surface area contributed by atoms with Crippen molar-refractivity contribution in [2.24, 2.45) is 0 Å². The van der Waals surface area contributed by atoms with Crippen LogP contribution in [0.5, 0.6) is 0 Å². The van der Waals surface area contributed by atoms with Crippen LogP contribution in [0.4, 0.5) is 0 Å². The number of aromatic nitrogens is 4. The van der Waals surface area contributed by atoms with Gasteiger partial charge in [-0.15, -0.1) is 0 Å². The third-order valence-electron chi connectivity index (χ3n) is 3.69. The molecule has 2 aromatic carbocycles. The number of carbonyl (C=O) groups is 1. The summed E-state index contributed by atoms with van der Waals surface area (Å²) in [6, 6.07) is 11.4. The van der Waals surface area contributed by atoms with E-state index in [0.29, 0.717) is 5.56 Å². The Bertz CT molecular complexity index is 998. The number of carbonyl (C=O) groups excluding carboxylic acids is 1. The standard InChI is InChI=1S/C16H13N5O/c1-17-16(22)10-4-5-12-14(7-10)20-15(19-12)9-2-3-11-8-18-21-13(11)6-9/h2-8H,1H3,(H,17,22)(H,18,21)(H,19,20). The van der Waals surface area contributed by atoms with Gasteiger partial charge in [-0.1, -0.05) is 12.1 Å². The first-order valence-corrected chi connectivity index (χ1v) is 6.90. The van der Waals surface area contributed by atoms with Crippen molar-refractivity contribution in [1.29, 1.82) is 0 Å². The van der Waals surface area contributed by atoms with E-state index >= 15 is 0 Å². The highest BCUT2D eigenvalue weighted by molar-refractivity contribution is 5.97. The lowest BCUT2D eigenvalue weighted by Gasteiger charge is -1.98. The minimum atomic E-state index is -0.114. The molecular formula is C16H13N5O. The number of aromatic amines is 2. The summed E-state index contributed by atoms with van der Waals surface area (Å²) in [4.78, 5) is 19.5. The van der Waals surface area contributed by atoms with Gasteiger partial charge in [0, 0.05) is 23.6 Å². The minimum absolute atomic E-state index is 0.114. The maximum absolute atomic E-state index is 11.7. The third-order valence-corrected chi connectivity index (χ3v) is 3.69. The first-order chi connectivity index (χ1) is 10.7. The van der Waals surface area contributed by atoms with Gasteiger partial charge in [0.2, 0.25) is 0 Å². The normalized spacial score (nSPS) is 11.1. The van der Waals surface area contributed by atoms with Crippen LogP contribution in [-0.4, -0.2) is 33.1 Å². The fourth-order valence-electron chi connectivity index (χ4n) is 2.52. The van der Waals surface area contributed by atoms with E-state index in [1.165, 1.54) is 0 Å². The summed E-state index contributed by atoms with van der Waals surface area (Å²) in [7, 11) is 1.62. The van der Waals surface area contributed by atoms with Crippen LogP contribution < -0.4 is 5.32 Å². The van der Waals surface area contributed by atoms with Crippen molar-refractivity contribution in [3.63, 3.8) is 0 Å². The summed E-state index contributed by atoms with van der Waals surface area (Å²) in [6.07, 6.45) is 1.79. The van der Waals surface area contributed by atoms with E-state index in [9.17, 15) is 4.79 Å². The fraction of sp³-hybridized carbons (Fsp3) is 0.0625. The molecule has 4 aromatic rings. The smallest absolute Gasteiger partial charge is 0.251 e. The van der Waals surface area contributed by atoms with Gasteiger partial charge in [-0.05, 0) is 24.3 Å². The van der Waals surface area contributed by atoms with Gasteiger partial charge < -0.3 is 10.3 Å². The monoisotopic (exact) mass is 291 g/mol. The van der Waals surface area contributed by atoms with Gasteiger partial charge in [0.05, 0.1) is 22.7 Å². The Morgan fingerprint density at radius 3 is 2.91 bits per heavy atom. The molecule has 2 heterocycles. The van der Waals surface area contributed by atoms with E-state index in [4.69, 9.17) is 0 Å². The predicted octanol–water partition coefficient (Wildman–Crippen LogP) is 2.47. The molecule has 0 saturated carbocycles. The molecule has 0 aliphatic heterocycles. The molecule has 6 nitrogen and oxygen atoms in total. The SMILES string of the molecule is CNC(=O)c1ccc2nc(-c3ccc4cn[nH]c4c3)[nH]c2c1. The van der Waals surface area contributed by atoms with Gasteiger partial charge in [-0.2, -0.15) is 5.10 Å². The predicted molar refractivity (Wildman–Crippen MR) is 84.6 cm³/mol. The fourth-order valence-corrected chi connectivity index (χ4v) is 2.52. The minimum Gasteiger partial charge on any atom is -0.355 e. The van der Waals surface area contributed by atoms with E-state index < -0.39 is 0 Å². The number of nitrogens with zero attached hydrogens (tertiary/aromatic N) is 2. The van der Waals surface area contributed by atoms with Crippen LogP contribution in [0.1, 0.15) is 10.4 Å². The van der Waals surface area contributed by atoms with Crippen LogP contribution in [0.15, 0.2) is 42.6 Å². The molecule has 1 amide bonds. The second-order valence-electron chi connectivity index (χ2n) is 5.07. The first-order valence-electron chi connectivity index (χ1n) is 6.90. The molecule has 0 fully saturated rings. The van der Waals surface area contributed by atoms with Crippen molar-refractivity contribution in [2.75, 3.05) is 7.05 Å². The van der Waals surface area contributed by atoms with Gasteiger partial charge in [0.25, 0.3) is 5.91 Å². The molecular weight excluding hydrogens is 278 g/mol. The zero-order valence-electron chi connectivity index (χ0n) is 11.8. The van der Waals surface area contributed by atoms with Crippen molar-refractivity contribution in [1.82, 2.24) is 25.5 Å². The lowest BCUT2D eigenvalue weighted by Crippen LogP contribution is -2.17. The van der Waals surface area contributed by atoms with Crippen LogP contribution in [0.3, 0.4) is 0 Å². The lowest BCUT2D eigenvalue weighted by molar-refractivity contribution is 0.0963. The van der Waals surface area contributed by atoms with Gasteiger partial charge in [-0.25, -0.2) is 4.98 Å². The Morgan fingerprint density at radius 2 is 2.05 bits per heavy atom. The second kappa shape index (κ2) is 4.70. The summed E-state index contributed by atoms with van der Waals surface area (Å²) in [5.74, 6) is 0.650. The van der Waals surface area contributed by atoms with Crippen molar-refractivity contribution < 1.29 is 4.79 Å². The number of hydrogen-bond donors (Lipinski definition) is 3. The first kappa shape index (κ1) is 12.6. The molecule has 2 aromatic heterocycles. The van der Waals surface area contributed by atoms with Crippen molar-refractivity contribution in [3.05, 3.63) is 48.2 Å². The van der Waals surface area contributed by atoms with E-state index in [1.54, 1.807) is 25.4 Å². The van der Waals surface area contributed by atoms with E-state index in [-0.39, 0.29) is 5.91 Å². The zero-order valence-corrected chi connectivity index (χ0v) is 11.8. The highest BCUT2D eigenvalue weighted by Gasteiger charge is 2.09. The summed E-state index contributed by atoms with van der Waals surface area (Å²) in [5.41, 5.74) is 4.20. The number of nitrogens with one attached hydrogen (secondary N) is 3. The lowest BCUT2D eigenvalue weighted by atomic mass is 10.1. The number of fused-ring (bicyclic) bond motifs is 2. The highest BCUT2D eigenvalue weighted by Crippen LogP contribution is 2.24. The van der Waals surface area contributed by atoms with Gasteiger partial charge in [0.15, 0.2) is 0 Å². The van der Waals surface area contributed by atoms with E-state index in [0.717, 1.165) is 33.3 Å². The molecule has 4 rings (SSSR count). The quantitative estimate of drug-likeness (QED) is 0.530. The second-order valence-corrected chi connectivity index (χ2v) is 5.07. The van der Waals surface area contributed by atoms with Gasteiger partial charge >= 0.3 is 0 Å². The third kappa shape index (κ3) is 1.93. The van der Waals surface area contributed by atoms with Crippen LogP contribution in [0.25, 0.3) is 33.3 Å². The molecule has 6 heteroatoms. The average molecular weight is 291 g/mol. The summed E-state index contributed by atoms with van der Waals surface area (Å²) < 4.78 is 0. The zero-order chi connectivity index (χ0) is 15.1. The molecule has 3 N–H and O–H groups in total. The number of H-pyrrole nitrogens is 2. The van der Waals surface area contributed by atoms with E-state index in [2.05, 4.69) is 25.5 Å². The number of benzene rings is 2. The van der Waals surface area contributed by atoms with Crippen LogP contribution >= 0.6 is 0 Å². The molecule has 0 unspecified atom stereocenters. The maximum Gasteiger partial charge on any atom is 0.251 e. The number of amides is 1. The van der Waals surface area contributed by atoms with Gasteiger partial charge in [-0.3, -0.25) is 9.89 Å². The van der Waals surface area contributed by atoms with E-state index in [1.807, 2.05) is 24.3 Å². The largest absolute Gasteiger partial charge is 0.355 e. The molecule has 0 saturated heterocycles. The Kier molecular flexibility index (Phi) is 2.69. The van der Waals surface area contributed by atoms with Gasteiger partial charge in [0.1, 0.15) is 5.82 Å². The van der Waals surface area contributed by atoms with Crippen LogP contribution in [0.2, 0.25) is 0 Å². The highest BCUT2D eigenvalue weighted by atomic mass is 16.1. The van der Waals surface area contributed by atoms with Crippen molar-refractivity contribution in [3.8, 4) is 11.4 Å². The number of rotatable bonds is 2. The summed E-state index contributed by atoms with van der Waals surface area (Å²) in [6.45, 7) is 0. The molecule has 0 atom stereocenters. The number of imidazole rings is 1. The van der Waals surface area contributed by atoms with Crippen LogP contribution in [-0.2, 0) is 0 Å². The van der Waals surface area contributed by atoms with Crippen LogP contribution in [0, 0.1) is 0 Å². The molecule has 108 valence electrons. The Balaban J connectivity index is 1.82. The van der Waals surface area contributed by atoms with Crippen molar-refractivity contribution >= 4 is 27.8 Å². The average Bonchev–Trinajstić information content (AvgIpc) is 3.18. The topological polar surface area (TPSA) is 86.5 Å². The summed E-state index contributed by atoms with van der Waals surface area (Å²) >= 11 is 0. The Labute approximate surface area is 125 Å². The number of hydrogen-bond acceptors (Lipinski definition) is 3. The Hall–Kier alpha value is -3.15. The summed E-state index contributed by atoms with van der Waals surface area (Å²) in [5, 5.41) is 10.6. The maximum atomic E-state index is 11.7. The molecule has 0 aliphatic rings. The Morgan fingerprint density at radius 1 is 1.14 bits per heavy atom. The molecule has 0 bridgehead atoms. The van der Waals surface area contributed by atoms with Crippen molar-refractivity contribution in [2.45, 2.75) is 0 Å². The molecule has 0 spiro atoms. The molecule has 22 heavy (non-hydrogen) atoms. The molecule has 0 aliphatic carbocycles.